The van der Waals surface area contributed by atoms with Crippen LogP contribution in [0.1, 0.15) is 104 Å². The van der Waals surface area contributed by atoms with Gasteiger partial charge in [0.1, 0.15) is 12.1 Å². The highest BCUT2D eigenvalue weighted by atomic mass is 127. The van der Waals surface area contributed by atoms with Gasteiger partial charge in [-0.2, -0.15) is 0 Å². The highest BCUT2D eigenvalue weighted by Gasteiger charge is 2.35. The van der Waals surface area contributed by atoms with Crippen LogP contribution in [0.5, 0.6) is 0 Å². The van der Waals surface area contributed by atoms with E-state index in [4.69, 9.17) is 0 Å². The van der Waals surface area contributed by atoms with Gasteiger partial charge in [0.05, 0.1) is 39.3 Å². The molecule has 0 aliphatic heterocycles. The van der Waals surface area contributed by atoms with Crippen LogP contribution in [0.4, 0.5) is 0 Å². The van der Waals surface area contributed by atoms with Gasteiger partial charge in [-0.05, 0) is 41.5 Å². The highest BCUT2D eigenvalue weighted by molar-refractivity contribution is 5.26. The van der Waals surface area contributed by atoms with E-state index in [2.05, 4.69) is 79.7 Å². The van der Waals surface area contributed by atoms with Gasteiger partial charge in [0.15, 0.2) is 0 Å². The van der Waals surface area contributed by atoms with Crippen molar-refractivity contribution in [2.45, 2.75) is 93.2 Å². The molecule has 0 spiro atoms. The van der Waals surface area contributed by atoms with Crippen LogP contribution in [-0.4, -0.2) is 48.2 Å². The number of nitrogens with zero attached hydrogens (tertiary/aromatic N) is 2. The van der Waals surface area contributed by atoms with Crippen molar-refractivity contribution in [3.8, 4) is 0 Å². The molecule has 2 nitrogen and oxygen atoms in total. The van der Waals surface area contributed by atoms with Crippen LogP contribution in [-0.2, 0) is 0 Å². The van der Waals surface area contributed by atoms with Crippen LogP contribution in [0.25, 0.3) is 0 Å². The van der Waals surface area contributed by atoms with Gasteiger partial charge < -0.3 is 56.9 Å². The minimum Gasteiger partial charge on any atom is -1.00 e. The second-order valence-electron chi connectivity index (χ2n) is 8.61. The Balaban J connectivity index is 0. The molecular formula is C26H50I2N2. The molecule has 0 aromatic heterocycles. The van der Waals surface area contributed by atoms with Gasteiger partial charge in [-0.3, -0.25) is 0 Å². The van der Waals surface area contributed by atoms with Crippen molar-refractivity contribution in [1.29, 1.82) is 0 Å². The van der Waals surface area contributed by atoms with Gasteiger partial charge in [0, 0.05) is 24.0 Å². The normalized spacial score (nSPS) is 13.9. The molecule has 0 aliphatic rings. The average Bonchev–Trinajstić information content (AvgIpc) is 2.75. The number of halogens is 2. The van der Waals surface area contributed by atoms with Gasteiger partial charge in [-0.15, -0.1) is 0 Å². The van der Waals surface area contributed by atoms with Gasteiger partial charge >= 0.3 is 0 Å². The molecule has 0 saturated heterocycles. The first-order valence-corrected chi connectivity index (χ1v) is 12.3. The summed E-state index contributed by atoms with van der Waals surface area (Å²) in [5.41, 5.74) is 3.10. The Morgan fingerprint density at radius 1 is 0.500 bits per heavy atom. The predicted molar refractivity (Wildman–Crippen MR) is 126 cm³/mol. The number of rotatable bonds is 14. The number of benzene rings is 1. The van der Waals surface area contributed by atoms with Crippen molar-refractivity contribution < 1.29 is 56.9 Å². The number of hydrogen-bond donors (Lipinski definition) is 0. The third-order valence-electron chi connectivity index (χ3n) is 7.93. The molecule has 0 aliphatic carbocycles. The summed E-state index contributed by atoms with van der Waals surface area (Å²) >= 11 is 0. The summed E-state index contributed by atoms with van der Waals surface area (Å²) in [6.07, 6.45) is 5.08. The summed E-state index contributed by atoms with van der Waals surface area (Å²) < 4.78 is 2.43. The summed E-state index contributed by atoms with van der Waals surface area (Å²) in [5, 5.41) is 0. The molecule has 178 valence electrons. The van der Waals surface area contributed by atoms with E-state index in [1.54, 1.807) is 11.1 Å². The minimum absolute atomic E-state index is 0. The molecule has 0 amide bonds. The summed E-state index contributed by atoms with van der Waals surface area (Å²) in [6, 6.07) is 11.2. The Labute approximate surface area is 223 Å². The van der Waals surface area contributed by atoms with Gasteiger partial charge in [0.2, 0.25) is 0 Å². The molecular weight excluding hydrogens is 594 g/mol. The first-order chi connectivity index (χ1) is 13.5. The maximum atomic E-state index is 2.47. The zero-order chi connectivity index (χ0) is 21.2. The van der Waals surface area contributed by atoms with Crippen LogP contribution in [0, 0.1) is 0 Å². The minimum atomic E-state index is 0. The molecule has 0 saturated carbocycles. The van der Waals surface area contributed by atoms with Crippen LogP contribution in [0.15, 0.2) is 24.3 Å². The Hall–Kier alpha value is 0.600. The lowest BCUT2D eigenvalue weighted by atomic mass is 9.92. The van der Waals surface area contributed by atoms with E-state index < -0.39 is 0 Å². The Morgan fingerprint density at radius 2 is 0.733 bits per heavy atom. The first kappa shape index (κ1) is 32.8. The van der Waals surface area contributed by atoms with Crippen molar-refractivity contribution in [3.05, 3.63) is 35.4 Å². The van der Waals surface area contributed by atoms with Crippen LogP contribution in [0.3, 0.4) is 0 Å². The molecule has 0 heterocycles. The van der Waals surface area contributed by atoms with Crippen molar-refractivity contribution in [3.63, 3.8) is 0 Å². The first-order valence-electron chi connectivity index (χ1n) is 12.3. The average molecular weight is 645 g/mol. The standard InChI is InChI=1S/C26H50N2.2HI/c1-9-17-25(27(11-3,12-4)13-5)23-19-21-24(22-20-23)26(18-10-2)28(14-6,15-7)16-8;;/h19-22,25-26H,9-18H2,1-8H3;2*1H/q+2;;/p-2. The van der Waals surface area contributed by atoms with Gasteiger partial charge in [-0.1, -0.05) is 51.0 Å². The topological polar surface area (TPSA) is 0 Å². The summed E-state index contributed by atoms with van der Waals surface area (Å²) in [7, 11) is 0. The third kappa shape index (κ3) is 7.31. The second-order valence-corrected chi connectivity index (χ2v) is 8.61. The quantitative estimate of drug-likeness (QED) is 0.211. The fraction of sp³-hybridized carbons (Fsp3) is 0.769. The lowest BCUT2D eigenvalue weighted by Crippen LogP contribution is -3.00. The Bertz CT molecular complexity index is 471. The third-order valence-corrected chi connectivity index (χ3v) is 7.93. The highest BCUT2D eigenvalue weighted by Crippen LogP contribution is 2.36. The van der Waals surface area contributed by atoms with Crippen molar-refractivity contribution in [2.75, 3.05) is 39.3 Å². The smallest absolute Gasteiger partial charge is 0.115 e. The number of quaternary nitrogens is 2. The molecule has 0 radical (unpaired) electrons. The molecule has 0 bridgehead atoms. The Kier molecular flexibility index (Phi) is 17.8. The Morgan fingerprint density at radius 3 is 0.900 bits per heavy atom. The van der Waals surface area contributed by atoms with E-state index >= 15 is 0 Å². The summed E-state index contributed by atoms with van der Waals surface area (Å²) in [5.74, 6) is 0. The molecule has 0 fully saturated rings. The lowest BCUT2D eigenvalue weighted by Gasteiger charge is -2.44. The molecule has 30 heavy (non-hydrogen) atoms. The van der Waals surface area contributed by atoms with Crippen molar-refractivity contribution in [1.82, 2.24) is 0 Å². The maximum Gasteiger partial charge on any atom is 0.115 e. The van der Waals surface area contributed by atoms with Crippen molar-refractivity contribution in [2.24, 2.45) is 0 Å². The maximum absolute atomic E-state index is 2.47. The molecule has 4 heteroatoms. The monoisotopic (exact) mass is 644 g/mol. The van der Waals surface area contributed by atoms with Gasteiger partial charge in [-0.25, -0.2) is 0 Å². The molecule has 1 aromatic rings. The van der Waals surface area contributed by atoms with E-state index in [0.717, 1.165) is 0 Å². The van der Waals surface area contributed by atoms with Gasteiger partial charge in [0.25, 0.3) is 0 Å². The fourth-order valence-corrected chi connectivity index (χ4v) is 5.66. The second kappa shape index (κ2) is 16.2. The zero-order valence-corrected chi connectivity index (χ0v) is 25.5. The van der Waals surface area contributed by atoms with Crippen LogP contribution >= 0.6 is 0 Å². The van der Waals surface area contributed by atoms with Crippen molar-refractivity contribution >= 4 is 0 Å². The summed E-state index contributed by atoms with van der Waals surface area (Å²) in [6.45, 7) is 26.2. The van der Waals surface area contributed by atoms with Crippen LogP contribution in [0.2, 0.25) is 0 Å². The molecule has 2 atom stereocenters. The van der Waals surface area contributed by atoms with E-state index in [1.807, 2.05) is 0 Å². The SMILES string of the molecule is CCCC(c1ccc(C(CCC)[N+](CC)(CC)CC)cc1)[N+](CC)(CC)CC.[I-].[I-]. The summed E-state index contributed by atoms with van der Waals surface area (Å²) in [4.78, 5) is 0. The predicted octanol–water partition coefficient (Wildman–Crippen LogP) is 1.13. The molecule has 0 N–H and O–H groups in total. The molecule has 1 rings (SSSR count). The molecule has 1 aromatic carbocycles. The van der Waals surface area contributed by atoms with E-state index in [0.29, 0.717) is 12.1 Å². The van der Waals surface area contributed by atoms with E-state index in [9.17, 15) is 0 Å². The fourth-order valence-electron chi connectivity index (χ4n) is 5.66. The van der Waals surface area contributed by atoms with E-state index in [-0.39, 0.29) is 48.0 Å². The lowest BCUT2D eigenvalue weighted by molar-refractivity contribution is -0.953. The largest absolute Gasteiger partial charge is 1.00 e. The zero-order valence-electron chi connectivity index (χ0n) is 21.2. The van der Waals surface area contributed by atoms with E-state index in [1.165, 1.54) is 73.9 Å². The number of hydrogen-bond acceptors (Lipinski definition) is 0. The molecule has 2 unspecified atom stereocenters. The van der Waals surface area contributed by atoms with Crippen LogP contribution < -0.4 is 48.0 Å².